The molecule has 2 heterocycles. The number of carbonyl (C=O) groups excluding carboxylic acids is 4. The van der Waals surface area contributed by atoms with Gasteiger partial charge in [-0.3, -0.25) is 20.2 Å². The first kappa shape index (κ1) is 25.0. The summed E-state index contributed by atoms with van der Waals surface area (Å²) in [6.45, 7) is -0.995. The molecule has 0 aliphatic rings. The minimum Gasteiger partial charge on any atom is -0.452 e. The molecule has 0 saturated carbocycles. The average Bonchev–Trinajstić information content (AvgIpc) is 3.53. The highest BCUT2D eigenvalue weighted by molar-refractivity contribution is 7.22. The number of hydrogen-bond donors (Lipinski definition) is 2. The molecule has 3 aromatic carbocycles. The predicted octanol–water partition coefficient (Wildman–Crippen LogP) is 4.50. The second-order valence-corrected chi connectivity index (χ2v) is 9.86. The van der Waals surface area contributed by atoms with Gasteiger partial charge in [-0.25, -0.2) is 19.6 Å². The Morgan fingerprint density at radius 1 is 0.605 bits per heavy atom. The Balaban J connectivity index is 1.07. The van der Waals surface area contributed by atoms with Gasteiger partial charge in [0, 0.05) is 0 Å². The van der Waals surface area contributed by atoms with Crippen molar-refractivity contribution in [3.8, 4) is 0 Å². The SMILES string of the molecule is O=C(COC(=O)c1ccc(C(=O)OCC(=O)Nc2nc3ccccc3s2)cc1)Nc1nc2ccccc2s1. The van der Waals surface area contributed by atoms with Crippen molar-refractivity contribution in [1.29, 1.82) is 0 Å². The fourth-order valence-corrected chi connectivity index (χ4v) is 5.10. The maximum Gasteiger partial charge on any atom is 0.338 e. The molecule has 5 aromatic rings. The van der Waals surface area contributed by atoms with Crippen LogP contribution in [0.15, 0.2) is 72.8 Å². The highest BCUT2D eigenvalue weighted by Crippen LogP contribution is 2.26. The van der Waals surface area contributed by atoms with Crippen LogP contribution in [0, 0.1) is 0 Å². The number of para-hydroxylation sites is 2. The minimum atomic E-state index is -0.737. The fraction of sp³-hybridized carbons (Fsp3) is 0.0769. The molecule has 0 aliphatic heterocycles. The standard InChI is InChI=1S/C26H18N4O6S2/c31-21(29-25-27-17-5-1-3-7-19(17)37-25)13-35-23(33)15-9-11-16(12-10-15)24(34)36-14-22(32)30-26-28-18-6-2-4-8-20(18)38-26/h1-12H,13-14H2,(H,27,29,31)(H,28,30,32). The predicted molar refractivity (Wildman–Crippen MR) is 144 cm³/mol. The maximum atomic E-state index is 12.3. The summed E-state index contributed by atoms with van der Waals surface area (Å²) in [7, 11) is 0. The third-order valence-corrected chi connectivity index (χ3v) is 7.01. The molecule has 2 N–H and O–H groups in total. The van der Waals surface area contributed by atoms with Gasteiger partial charge in [0.05, 0.1) is 31.6 Å². The van der Waals surface area contributed by atoms with Crippen LogP contribution < -0.4 is 10.6 Å². The monoisotopic (exact) mass is 546 g/mol. The third-order valence-electron chi connectivity index (χ3n) is 5.11. The van der Waals surface area contributed by atoms with E-state index in [0.717, 1.165) is 20.4 Å². The topological polar surface area (TPSA) is 137 Å². The number of fused-ring (bicyclic) bond motifs is 2. The normalized spacial score (nSPS) is 10.7. The third kappa shape index (κ3) is 5.99. The lowest BCUT2D eigenvalue weighted by Gasteiger charge is -2.07. The van der Waals surface area contributed by atoms with Gasteiger partial charge in [-0.15, -0.1) is 0 Å². The summed E-state index contributed by atoms with van der Waals surface area (Å²) >= 11 is 2.62. The summed E-state index contributed by atoms with van der Waals surface area (Å²) in [5.74, 6) is -2.53. The van der Waals surface area contributed by atoms with Crippen LogP contribution in [0.2, 0.25) is 0 Å². The highest BCUT2D eigenvalue weighted by atomic mass is 32.1. The lowest BCUT2D eigenvalue weighted by molar-refractivity contribution is -0.119. The number of ether oxygens (including phenoxy) is 2. The van der Waals surface area contributed by atoms with Crippen molar-refractivity contribution < 1.29 is 28.7 Å². The van der Waals surface area contributed by atoms with Crippen molar-refractivity contribution >= 4 is 77.1 Å². The van der Waals surface area contributed by atoms with Gasteiger partial charge in [0.25, 0.3) is 11.8 Å². The lowest BCUT2D eigenvalue weighted by Crippen LogP contribution is -2.21. The Morgan fingerprint density at radius 3 is 1.39 bits per heavy atom. The first-order valence-corrected chi connectivity index (χ1v) is 12.8. The van der Waals surface area contributed by atoms with Crippen LogP contribution in [-0.2, 0) is 19.1 Å². The minimum absolute atomic E-state index is 0.142. The van der Waals surface area contributed by atoms with Gasteiger partial charge < -0.3 is 9.47 Å². The Hall–Kier alpha value is -4.68. The summed E-state index contributed by atoms with van der Waals surface area (Å²) in [6.07, 6.45) is 0. The van der Waals surface area contributed by atoms with E-state index in [1.807, 2.05) is 48.5 Å². The molecule has 0 fully saturated rings. The van der Waals surface area contributed by atoms with Crippen LogP contribution in [0.5, 0.6) is 0 Å². The molecular weight excluding hydrogens is 528 g/mol. The average molecular weight is 547 g/mol. The zero-order chi connectivity index (χ0) is 26.5. The molecule has 5 rings (SSSR count). The number of esters is 2. The Morgan fingerprint density at radius 2 is 1.00 bits per heavy atom. The Kier molecular flexibility index (Phi) is 7.33. The molecule has 0 bridgehead atoms. The number of anilines is 2. The number of thiazole rings is 2. The summed E-state index contributed by atoms with van der Waals surface area (Å²) in [4.78, 5) is 57.4. The van der Waals surface area contributed by atoms with Crippen LogP contribution in [0.1, 0.15) is 20.7 Å². The van der Waals surface area contributed by atoms with E-state index in [2.05, 4.69) is 20.6 Å². The van der Waals surface area contributed by atoms with E-state index < -0.39 is 37.0 Å². The van der Waals surface area contributed by atoms with Gasteiger partial charge in [0.15, 0.2) is 23.5 Å². The number of nitrogens with zero attached hydrogens (tertiary/aromatic N) is 2. The van der Waals surface area contributed by atoms with Gasteiger partial charge >= 0.3 is 11.9 Å². The van der Waals surface area contributed by atoms with Gasteiger partial charge in [0.2, 0.25) is 0 Å². The maximum absolute atomic E-state index is 12.3. The number of aromatic nitrogens is 2. The van der Waals surface area contributed by atoms with Crippen LogP contribution in [-0.4, -0.2) is 46.9 Å². The van der Waals surface area contributed by atoms with Crippen molar-refractivity contribution in [3.05, 3.63) is 83.9 Å². The van der Waals surface area contributed by atoms with Crippen molar-refractivity contribution in [2.24, 2.45) is 0 Å². The van der Waals surface area contributed by atoms with Crippen molar-refractivity contribution in [2.45, 2.75) is 0 Å². The molecule has 0 unspecified atom stereocenters. The smallest absolute Gasteiger partial charge is 0.338 e. The van der Waals surface area contributed by atoms with E-state index in [1.165, 1.54) is 46.9 Å². The summed E-state index contributed by atoms with van der Waals surface area (Å²) < 4.78 is 11.9. The van der Waals surface area contributed by atoms with Crippen LogP contribution in [0.4, 0.5) is 10.3 Å². The fourth-order valence-electron chi connectivity index (χ4n) is 3.33. The number of hydrogen-bond acceptors (Lipinski definition) is 10. The molecule has 0 saturated heterocycles. The largest absolute Gasteiger partial charge is 0.452 e. The van der Waals surface area contributed by atoms with Crippen molar-refractivity contribution in [3.63, 3.8) is 0 Å². The van der Waals surface area contributed by atoms with Gasteiger partial charge in [-0.1, -0.05) is 46.9 Å². The molecule has 38 heavy (non-hydrogen) atoms. The van der Waals surface area contributed by atoms with Crippen LogP contribution in [0.25, 0.3) is 20.4 Å². The molecule has 2 amide bonds. The quantitative estimate of drug-likeness (QED) is 0.272. The summed E-state index contributed by atoms with van der Waals surface area (Å²) in [5, 5.41) is 6.02. The van der Waals surface area contributed by atoms with Gasteiger partial charge in [-0.05, 0) is 48.5 Å². The molecule has 0 radical (unpaired) electrons. The first-order chi connectivity index (χ1) is 18.4. The molecule has 12 heteroatoms. The first-order valence-electron chi connectivity index (χ1n) is 11.2. The Bertz CT molecular complexity index is 1470. The molecule has 0 atom stereocenters. The number of amides is 2. The van der Waals surface area contributed by atoms with E-state index >= 15 is 0 Å². The number of carbonyl (C=O) groups is 4. The van der Waals surface area contributed by atoms with Crippen LogP contribution in [0.3, 0.4) is 0 Å². The Labute approximate surface area is 223 Å². The highest BCUT2D eigenvalue weighted by Gasteiger charge is 2.15. The molecule has 0 spiro atoms. The van der Waals surface area contributed by atoms with E-state index in [1.54, 1.807) is 0 Å². The van der Waals surface area contributed by atoms with Gasteiger partial charge in [-0.2, -0.15) is 0 Å². The lowest BCUT2D eigenvalue weighted by atomic mass is 10.1. The number of benzene rings is 3. The molecular formula is C26H18N4O6S2. The summed E-state index contributed by atoms with van der Waals surface area (Å²) in [5.41, 5.74) is 1.81. The number of nitrogens with one attached hydrogen (secondary N) is 2. The zero-order valence-electron chi connectivity index (χ0n) is 19.5. The second kappa shape index (κ2) is 11.2. The molecule has 190 valence electrons. The molecule has 10 nitrogen and oxygen atoms in total. The van der Waals surface area contributed by atoms with Crippen molar-refractivity contribution in [2.75, 3.05) is 23.8 Å². The zero-order valence-corrected chi connectivity index (χ0v) is 21.1. The van der Waals surface area contributed by atoms with Gasteiger partial charge in [0.1, 0.15) is 0 Å². The van der Waals surface area contributed by atoms with Crippen molar-refractivity contribution in [1.82, 2.24) is 9.97 Å². The van der Waals surface area contributed by atoms with E-state index in [4.69, 9.17) is 9.47 Å². The van der Waals surface area contributed by atoms with E-state index in [-0.39, 0.29) is 11.1 Å². The summed E-state index contributed by atoms with van der Waals surface area (Å²) in [6, 6.07) is 20.4. The number of rotatable bonds is 8. The second-order valence-electron chi connectivity index (χ2n) is 7.80. The molecule has 2 aromatic heterocycles. The van der Waals surface area contributed by atoms with E-state index in [9.17, 15) is 19.2 Å². The van der Waals surface area contributed by atoms with E-state index in [0.29, 0.717) is 10.3 Å². The molecule has 0 aliphatic carbocycles. The van der Waals surface area contributed by atoms with Crippen LogP contribution >= 0.6 is 22.7 Å².